The summed E-state index contributed by atoms with van der Waals surface area (Å²) in [4.78, 5) is 13.4. The topological polar surface area (TPSA) is 77.9 Å². The van der Waals surface area contributed by atoms with E-state index in [1.165, 1.54) is 6.26 Å². The lowest BCUT2D eigenvalue weighted by atomic mass is 9.90. The summed E-state index contributed by atoms with van der Waals surface area (Å²) < 4.78 is 26.4. The molecule has 0 bridgehead atoms. The molecule has 7 heteroatoms. The van der Waals surface area contributed by atoms with Gasteiger partial charge in [-0.2, -0.15) is 4.31 Å². The van der Waals surface area contributed by atoms with E-state index in [1.54, 1.807) is 16.4 Å². The van der Waals surface area contributed by atoms with Crippen LogP contribution in [0.1, 0.15) is 27.5 Å². The van der Waals surface area contributed by atoms with Crippen molar-refractivity contribution >= 4 is 16.0 Å². The Labute approximate surface area is 165 Å². The molecule has 2 aromatic rings. The molecular formula is C21H24N2O4S. The fourth-order valence-corrected chi connectivity index (χ4v) is 5.80. The number of carbonyl (C=O) groups is 1. The Hall–Kier alpha value is -2.22. The third kappa shape index (κ3) is 3.70. The normalized spacial score (nSPS) is 25.7. The Morgan fingerprint density at radius 2 is 1.71 bits per heavy atom. The highest BCUT2D eigenvalue weighted by Gasteiger charge is 2.50. The van der Waals surface area contributed by atoms with Gasteiger partial charge in [0.25, 0.3) is 0 Å². The predicted molar refractivity (Wildman–Crippen MR) is 106 cm³/mol. The minimum atomic E-state index is -3.27. The van der Waals surface area contributed by atoms with Crippen LogP contribution in [0.2, 0.25) is 0 Å². The summed E-state index contributed by atoms with van der Waals surface area (Å²) in [5.74, 6) is -0.359. The van der Waals surface area contributed by atoms with Crippen molar-refractivity contribution in [2.24, 2.45) is 11.8 Å². The van der Waals surface area contributed by atoms with Crippen molar-refractivity contribution in [1.29, 1.82) is 0 Å². The number of likely N-dealkylation sites (tertiary alicyclic amines) is 1. The summed E-state index contributed by atoms with van der Waals surface area (Å²) >= 11 is 0. The van der Waals surface area contributed by atoms with E-state index in [0.29, 0.717) is 12.5 Å². The number of carboxylic acids is 1. The van der Waals surface area contributed by atoms with Gasteiger partial charge in [-0.25, -0.2) is 13.2 Å². The highest BCUT2D eigenvalue weighted by molar-refractivity contribution is 7.88. The second-order valence-electron chi connectivity index (χ2n) is 7.81. The van der Waals surface area contributed by atoms with E-state index in [1.807, 2.05) is 42.5 Å². The first-order chi connectivity index (χ1) is 13.3. The first kappa shape index (κ1) is 19.1. The van der Waals surface area contributed by atoms with Crippen LogP contribution in [0.4, 0.5) is 0 Å². The molecule has 0 aliphatic carbocycles. The standard InChI is InChI=1S/C21H24N2O4S/c1-28(26,27)23-13-18-12-22(11-15-7-9-17(10-8-15)21(24)25)14-19(18)20(23)16-5-3-2-4-6-16/h2-10,18-20H,11-14H2,1H3,(H,24,25)/t18-,19-,20+/m1/s1. The van der Waals surface area contributed by atoms with Crippen LogP contribution in [-0.4, -0.2) is 54.6 Å². The number of hydrogen-bond acceptors (Lipinski definition) is 4. The van der Waals surface area contributed by atoms with Crippen LogP contribution in [0, 0.1) is 11.8 Å². The van der Waals surface area contributed by atoms with Gasteiger partial charge in [0, 0.05) is 26.2 Å². The van der Waals surface area contributed by atoms with E-state index in [0.717, 1.165) is 30.8 Å². The zero-order valence-corrected chi connectivity index (χ0v) is 16.5. The van der Waals surface area contributed by atoms with Crippen LogP contribution >= 0.6 is 0 Å². The molecule has 0 spiro atoms. The number of rotatable bonds is 5. The second kappa shape index (κ2) is 7.31. The van der Waals surface area contributed by atoms with E-state index < -0.39 is 16.0 Å². The van der Waals surface area contributed by atoms with Crippen LogP contribution in [0.3, 0.4) is 0 Å². The third-order valence-corrected chi connectivity index (χ3v) is 7.10. The number of hydrogen-bond donors (Lipinski definition) is 1. The van der Waals surface area contributed by atoms with E-state index in [-0.39, 0.29) is 17.5 Å². The molecule has 2 fully saturated rings. The van der Waals surface area contributed by atoms with Crippen molar-refractivity contribution in [3.63, 3.8) is 0 Å². The molecule has 28 heavy (non-hydrogen) atoms. The fourth-order valence-electron chi connectivity index (χ4n) is 4.64. The lowest BCUT2D eigenvalue weighted by Gasteiger charge is -2.28. The van der Waals surface area contributed by atoms with Gasteiger partial charge in [-0.05, 0) is 35.1 Å². The van der Waals surface area contributed by atoms with Gasteiger partial charge < -0.3 is 5.11 Å². The van der Waals surface area contributed by atoms with Gasteiger partial charge in [-0.15, -0.1) is 0 Å². The molecule has 0 saturated carbocycles. The maximum Gasteiger partial charge on any atom is 0.335 e. The number of carboxylic acid groups (broad SMARTS) is 1. The molecule has 0 aromatic heterocycles. The van der Waals surface area contributed by atoms with Crippen molar-refractivity contribution in [2.45, 2.75) is 12.6 Å². The number of benzene rings is 2. The highest BCUT2D eigenvalue weighted by atomic mass is 32.2. The Bertz CT molecular complexity index is 960. The van der Waals surface area contributed by atoms with Gasteiger partial charge in [0.05, 0.1) is 17.9 Å². The van der Waals surface area contributed by atoms with Crippen molar-refractivity contribution in [2.75, 3.05) is 25.9 Å². The van der Waals surface area contributed by atoms with E-state index in [9.17, 15) is 13.2 Å². The summed E-state index contributed by atoms with van der Waals surface area (Å²) in [5, 5.41) is 9.03. The van der Waals surface area contributed by atoms with Crippen LogP contribution in [0.5, 0.6) is 0 Å². The van der Waals surface area contributed by atoms with Crippen LogP contribution in [0.25, 0.3) is 0 Å². The third-order valence-electron chi connectivity index (χ3n) is 5.87. The molecule has 0 unspecified atom stereocenters. The smallest absolute Gasteiger partial charge is 0.335 e. The summed E-state index contributed by atoms with van der Waals surface area (Å²) in [6.07, 6.45) is 1.30. The fraction of sp³-hybridized carbons (Fsp3) is 0.381. The number of nitrogens with zero attached hydrogens (tertiary/aromatic N) is 2. The quantitative estimate of drug-likeness (QED) is 0.834. The number of fused-ring (bicyclic) bond motifs is 1. The molecule has 0 radical (unpaired) electrons. The number of aromatic carboxylic acids is 1. The maximum absolute atomic E-state index is 12.4. The van der Waals surface area contributed by atoms with E-state index in [4.69, 9.17) is 5.11 Å². The average Bonchev–Trinajstić information content (AvgIpc) is 3.20. The predicted octanol–water partition coefficient (Wildman–Crippen LogP) is 2.45. The molecule has 2 heterocycles. The van der Waals surface area contributed by atoms with E-state index >= 15 is 0 Å². The molecular weight excluding hydrogens is 376 g/mol. The zero-order valence-electron chi connectivity index (χ0n) is 15.7. The number of sulfonamides is 1. The van der Waals surface area contributed by atoms with Gasteiger partial charge in [-0.1, -0.05) is 42.5 Å². The molecule has 148 valence electrons. The lowest BCUT2D eigenvalue weighted by Crippen LogP contribution is -2.34. The summed E-state index contributed by atoms with van der Waals surface area (Å²) in [7, 11) is -3.27. The molecule has 4 rings (SSSR count). The molecule has 2 aliphatic rings. The Morgan fingerprint density at radius 3 is 2.32 bits per heavy atom. The van der Waals surface area contributed by atoms with Gasteiger partial charge in [0.1, 0.15) is 0 Å². The first-order valence-electron chi connectivity index (χ1n) is 9.39. The summed E-state index contributed by atoms with van der Waals surface area (Å²) in [6.45, 7) is 2.97. The minimum Gasteiger partial charge on any atom is -0.478 e. The van der Waals surface area contributed by atoms with Crippen LogP contribution in [-0.2, 0) is 16.6 Å². The Morgan fingerprint density at radius 1 is 1.04 bits per heavy atom. The van der Waals surface area contributed by atoms with Crippen molar-refractivity contribution < 1.29 is 18.3 Å². The molecule has 2 aliphatic heterocycles. The maximum atomic E-state index is 12.4. The van der Waals surface area contributed by atoms with Crippen molar-refractivity contribution in [3.05, 3.63) is 71.3 Å². The van der Waals surface area contributed by atoms with Gasteiger partial charge in [0.15, 0.2) is 0 Å². The second-order valence-corrected chi connectivity index (χ2v) is 9.74. The SMILES string of the molecule is CS(=O)(=O)N1C[C@H]2CN(Cc3ccc(C(=O)O)cc3)C[C@H]2[C@@H]1c1ccccc1. The van der Waals surface area contributed by atoms with Crippen LogP contribution < -0.4 is 0 Å². The summed E-state index contributed by atoms with van der Waals surface area (Å²) in [5.41, 5.74) is 2.41. The monoisotopic (exact) mass is 400 g/mol. The largest absolute Gasteiger partial charge is 0.478 e. The Balaban J connectivity index is 1.52. The lowest BCUT2D eigenvalue weighted by molar-refractivity contribution is 0.0697. The molecule has 6 nitrogen and oxygen atoms in total. The van der Waals surface area contributed by atoms with Crippen molar-refractivity contribution in [1.82, 2.24) is 9.21 Å². The van der Waals surface area contributed by atoms with Gasteiger partial charge >= 0.3 is 5.97 Å². The average molecular weight is 401 g/mol. The highest BCUT2D eigenvalue weighted by Crippen LogP contribution is 2.46. The first-order valence-corrected chi connectivity index (χ1v) is 11.2. The molecule has 2 aromatic carbocycles. The summed E-state index contributed by atoms with van der Waals surface area (Å²) in [6, 6.07) is 16.7. The van der Waals surface area contributed by atoms with Crippen molar-refractivity contribution in [3.8, 4) is 0 Å². The molecule has 3 atom stereocenters. The van der Waals surface area contributed by atoms with Gasteiger partial charge in [-0.3, -0.25) is 4.90 Å². The minimum absolute atomic E-state index is 0.124. The Kier molecular flexibility index (Phi) is 4.99. The molecule has 2 saturated heterocycles. The van der Waals surface area contributed by atoms with Crippen LogP contribution in [0.15, 0.2) is 54.6 Å². The van der Waals surface area contributed by atoms with Gasteiger partial charge in [0.2, 0.25) is 10.0 Å². The van der Waals surface area contributed by atoms with E-state index in [2.05, 4.69) is 4.90 Å². The zero-order chi connectivity index (χ0) is 19.9. The molecule has 0 amide bonds. The molecule has 1 N–H and O–H groups in total.